The van der Waals surface area contributed by atoms with Gasteiger partial charge in [0.05, 0.1) is 11.6 Å². The summed E-state index contributed by atoms with van der Waals surface area (Å²) < 4.78 is 0. The Morgan fingerprint density at radius 1 is 1.53 bits per heavy atom. The van der Waals surface area contributed by atoms with Gasteiger partial charge in [-0.1, -0.05) is 6.07 Å². The first kappa shape index (κ1) is 12.6. The van der Waals surface area contributed by atoms with Gasteiger partial charge in [0.1, 0.15) is 5.56 Å². The van der Waals surface area contributed by atoms with Crippen LogP contribution in [0.1, 0.15) is 21.6 Å². The van der Waals surface area contributed by atoms with E-state index in [1.807, 2.05) is 6.07 Å². The Balaban J connectivity index is 2.37. The second-order valence-electron chi connectivity index (χ2n) is 4.14. The number of aromatic nitrogens is 2. The second kappa shape index (κ2) is 4.82. The molecule has 0 atom stereocenters. The molecule has 96 valence electrons. The minimum Gasteiger partial charge on any atom is -0.382 e. The van der Waals surface area contributed by atoms with Crippen LogP contribution in [-0.2, 0) is 0 Å². The van der Waals surface area contributed by atoms with Gasteiger partial charge >= 0.3 is 0 Å². The van der Waals surface area contributed by atoms with Crippen molar-refractivity contribution < 1.29 is 4.79 Å². The number of rotatable bonds is 2. The number of nitrogens with two attached hydrogens (primary N) is 1. The number of aromatic amines is 1. The van der Waals surface area contributed by atoms with Crippen molar-refractivity contribution in [3.05, 3.63) is 41.1 Å². The molecule has 1 heterocycles. The van der Waals surface area contributed by atoms with Crippen molar-refractivity contribution in [2.24, 2.45) is 0 Å². The number of benzene rings is 1. The molecule has 1 aromatic heterocycles. The maximum Gasteiger partial charge on any atom is 0.263 e. The number of H-pyrrole nitrogens is 1. The molecule has 0 unspecified atom stereocenters. The highest BCUT2D eigenvalue weighted by Crippen LogP contribution is 2.20. The van der Waals surface area contributed by atoms with E-state index in [0.717, 1.165) is 0 Å². The molecule has 0 saturated carbocycles. The van der Waals surface area contributed by atoms with Gasteiger partial charge < -0.3 is 10.6 Å². The lowest BCUT2D eigenvalue weighted by Crippen LogP contribution is -2.27. The topological polar surface area (TPSA) is 98.8 Å². The molecule has 3 N–H and O–H groups in total. The summed E-state index contributed by atoms with van der Waals surface area (Å²) >= 11 is 0. The lowest BCUT2D eigenvalue weighted by molar-refractivity contribution is 0.0993. The van der Waals surface area contributed by atoms with E-state index in [4.69, 9.17) is 11.0 Å². The smallest absolute Gasteiger partial charge is 0.263 e. The first-order valence-corrected chi connectivity index (χ1v) is 5.63. The van der Waals surface area contributed by atoms with Gasteiger partial charge in [-0.3, -0.25) is 9.89 Å². The summed E-state index contributed by atoms with van der Waals surface area (Å²) in [6, 6.07) is 8.84. The largest absolute Gasteiger partial charge is 0.382 e. The van der Waals surface area contributed by atoms with Crippen LogP contribution < -0.4 is 10.6 Å². The van der Waals surface area contributed by atoms with Crippen molar-refractivity contribution in [3.8, 4) is 6.07 Å². The van der Waals surface area contributed by atoms with Crippen LogP contribution in [0.2, 0.25) is 0 Å². The monoisotopic (exact) mass is 255 g/mol. The van der Waals surface area contributed by atoms with Gasteiger partial charge in [0.25, 0.3) is 5.91 Å². The predicted octanol–water partition coefficient (Wildman–Crippen LogP) is 1.45. The predicted molar refractivity (Wildman–Crippen MR) is 71.6 cm³/mol. The number of nitrogens with one attached hydrogen (secondary N) is 1. The zero-order valence-electron chi connectivity index (χ0n) is 10.6. The molecular formula is C13H13N5O. The minimum atomic E-state index is -0.265. The maximum atomic E-state index is 12.4. The first-order valence-electron chi connectivity index (χ1n) is 5.63. The molecule has 0 fully saturated rings. The van der Waals surface area contributed by atoms with Gasteiger partial charge in [0, 0.05) is 18.4 Å². The summed E-state index contributed by atoms with van der Waals surface area (Å²) in [6.45, 7) is 1.73. The van der Waals surface area contributed by atoms with E-state index in [1.54, 1.807) is 38.2 Å². The third-order valence-corrected chi connectivity index (χ3v) is 2.86. The highest BCUT2D eigenvalue weighted by Gasteiger charge is 2.21. The Morgan fingerprint density at radius 3 is 2.84 bits per heavy atom. The zero-order chi connectivity index (χ0) is 14.0. The van der Waals surface area contributed by atoms with Crippen molar-refractivity contribution in [3.63, 3.8) is 0 Å². The zero-order valence-corrected chi connectivity index (χ0v) is 10.6. The molecule has 0 aliphatic rings. The molecule has 0 spiro atoms. The number of amides is 1. The molecule has 2 rings (SSSR count). The molecule has 6 heteroatoms. The minimum absolute atomic E-state index is 0.172. The lowest BCUT2D eigenvalue weighted by atomic mass is 10.1. The van der Waals surface area contributed by atoms with Crippen molar-refractivity contribution in [1.82, 2.24) is 10.2 Å². The van der Waals surface area contributed by atoms with Crippen molar-refractivity contribution in [1.29, 1.82) is 5.26 Å². The molecule has 0 aliphatic heterocycles. The van der Waals surface area contributed by atoms with Crippen LogP contribution in [0, 0.1) is 18.3 Å². The first-order chi connectivity index (χ1) is 9.04. The van der Waals surface area contributed by atoms with Crippen LogP contribution in [0.5, 0.6) is 0 Å². The van der Waals surface area contributed by atoms with E-state index in [1.165, 1.54) is 4.90 Å². The van der Waals surface area contributed by atoms with Crippen LogP contribution in [0.25, 0.3) is 0 Å². The van der Waals surface area contributed by atoms with Crippen LogP contribution in [-0.4, -0.2) is 23.2 Å². The number of aryl methyl sites for hydroxylation is 1. The molecule has 0 bridgehead atoms. The summed E-state index contributed by atoms with van der Waals surface area (Å²) in [6.07, 6.45) is 0. The average Bonchev–Trinajstić information content (AvgIpc) is 2.76. The number of nitriles is 1. The molecule has 1 aromatic carbocycles. The lowest BCUT2D eigenvalue weighted by Gasteiger charge is -2.17. The molecule has 2 aromatic rings. The summed E-state index contributed by atoms with van der Waals surface area (Å²) in [5, 5.41) is 15.3. The quantitative estimate of drug-likeness (QED) is 0.848. The van der Waals surface area contributed by atoms with E-state index in [-0.39, 0.29) is 11.7 Å². The fourth-order valence-corrected chi connectivity index (χ4v) is 1.79. The number of hydrogen-bond acceptors (Lipinski definition) is 4. The number of anilines is 2. The number of nitrogens with zero attached hydrogens (tertiary/aromatic N) is 3. The third kappa shape index (κ3) is 2.26. The van der Waals surface area contributed by atoms with Gasteiger partial charge in [0.2, 0.25) is 0 Å². The van der Waals surface area contributed by atoms with Crippen LogP contribution >= 0.6 is 0 Å². The molecule has 6 nitrogen and oxygen atoms in total. The van der Waals surface area contributed by atoms with E-state index in [2.05, 4.69) is 10.2 Å². The van der Waals surface area contributed by atoms with E-state index >= 15 is 0 Å². The Bertz CT molecular complexity index is 648. The maximum absolute atomic E-state index is 12.4. The Hall–Kier alpha value is -2.81. The highest BCUT2D eigenvalue weighted by atomic mass is 16.2. The average molecular weight is 255 g/mol. The van der Waals surface area contributed by atoms with Crippen molar-refractivity contribution in [2.45, 2.75) is 6.92 Å². The number of hydrogen-bond donors (Lipinski definition) is 2. The number of carbonyl (C=O) groups is 1. The van der Waals surface area contributed by atoms with Gasteiger partial charge in [-0.2, -0.15) is 10.4 Å². The fourth-order valence-electron chi connectivity index (χ4n) is 1.79. The third-order valence-electron chi connectivity index (χ3n) is 2.86. The van der Waals surface area contributed by atoms with Crippen molar-refractivity contribution >= 4 is 17.4 Å². The SMILES string of the molecule is Cc1[nH]nc(N)c1C(=O)N(C)c1cccc(C#N)c1. The molecule has 19 heavy (non-hydrogen) atoms. The van der Waals surface area contributed by atoms with Gasteiger partial charge in [-0.15, -0.1) is 0 Å². The Kier molecular flexibility index (Phi) is 3.21. The Morgan fingerprint density at radius 2 is 2.26 bits per heavy atom. The van der Waals surface area contributed by atoms with Gasteiger partial charge in [0.15, 0.2) is 5.82 Å². The van der Waals surface area contributed by atoms with Crippen LogP contribution in [0.3, 0.4) is 0 Å². The van der Waals surface area contributed by atoms with Gasteiger partial charge in [-0.25, -0.2) is 0 Å². The van der Waals surface area contributed by atoms with Crippen LogP contribution in [0.4, 0.5) is 11.5 Å². The normalized spacial score (nSPS) is 9.95. The molecule has 1 amide bonds. The van der Waals surface area contributed by atoms with E-state index in [0.29, 0.717) is 22.5 Å². The molecule has 0 saturated heterocycles. The Labute approximate surface area is 110 Å². The molecular weight excluding hydrogens is 242 g/mol. The standard InChI is InChI=1S/C13H13N5O/c1-8-11(12(15)17-16-8)13(19)18(2)10-5-3-4-9(6-10)7-14/h3-6H,1-2H3,(H3,15,16,17). The molecule has 0 aliphatic carbocycles. The van der Waals surface area contributed by atoms with Gasteiger partial charge in [-0.05, 0) is 25.1 Å². The summed E-state index contributed by atoms with van der Waals surface area (Å²) in [5.41, 5.74) is 7.76. The summed E-state index contributed by atoms with van der Waals surface area (Å²) in [5.74, 6) is -0.0929. The number of nitrogen functional groups attached to an aromatic ring is 1. The summed E-state index contributed by atoms with van der Waals surface area (Å²) in [7, 11) is 1.63. The van der Waals surface area contributed by atoms with E-state index in [9.17, 15) is 4.79 Å². The fraction of sp³-hybridized carbons (Fsp3) is 0.154. The van der Waals surface area contributed by atoms with Crippen LogP contribution in [0.15, 0.2) is 24.3 Å². The number of carbonyl (C=O) groups excluding carboxylic acids is 1. The summed E-state index contributed by atoms with van der Waals surface area (Å²) in [4.78, 5) is 13.8. The molecule has 0 radical (unpaired) electrons. The highest BCUT2D eigenvalue weighted by molar-refractivity contribution is 6.09. The van der Waals surface area contributed by atoms with Crippen molar-refractivity contribution in [2.75, 3.05) is 17.7 Å². The van der Waals surface area contributed by atoms with E-state index < -0.39 is 0 Å². The second-order valence-corrected chi connectivity index (χ2v) is 4.14.